The normalized spacial score (nSPS) is 15.1. The maximum Gasteiger partial charge on any atom is 0.136 e. The number of allylic oxidation sites excluding steroid dienone is 5. The molecule has 132 valence electrons. The molecule has 0 saturated carbocycles. The van der Waals surface area contributed by atoms with Crippen molar-refractivity contribution in [3.63, 3.8) is 0 Å². The summed E-state index contributed by atoms with van der Waals surface area (Å²) in [6.07, 6.45) is 12.4. The van der Waals surface area contributed by atoms with Crippen LogP contribution in [0.4, 0.5) is 0 Å². The number of hydrogen-bond donors (Lipinski definition) is 0. The Balaban J connectivity index is 2.01. The van der Waals surface area contributed by atoms with E-state index in [0.29, 0.717) is 5.42 Å². The molecular formula is C24H18BrNO. The number of halogens is 1. The number of rotatable bonds is 2. The average Bonchev–Trinajstić information content (AvgIpc) is 3.14. The predicted octanol–water partition coefficient (Wildman–Crippen LogP) is 5.87. The monoisotopic (exact) mass is 415 g/mol. The molecule has 2 heterocycles. The van der Waals surface area contributed by atoms with Crippen LogP contribution in [0.25, 0.3) is 51.1 Å². The summed E-state index contributed by atoms with van der Waals surface area (Å²) in [7, 11) is 0. The highest BCUT2D eigenvalue weighted by Gasteiger charge is 2.17. The molecule has 0 amide bonds. The molecule has 2 aromatic carbocycles. The summed E-state index contributed by atoms with van der Waals surface area (Å²) in [5.74, 6) is 0. The van der Waals surface area contributed by atoms with Crippen LogP contribution in [-0.2, 0) is 0 Å². The van der Waals surface area contributed by atoms with Crippen molar-refractivity contribution < 1.29 is 4.42 Å². The van der Waals surface area contributed by atoms with Gasteiger partial charge in [-0.25, -0.2) is 0 Å². The van der Waals surface area contributed by atoms with Gasteiger partial charge in [0.2, 0.25) is 0 Å². The van der Waals surface area contributed by atoms with Gasteiger partial charge in [-0.05, 0) is 43.2 Å². The van der Waals surface area contributed by atoms with Crippen molar-refractivity contribution in [3.05, 3.63) is 76.3 Å². The quantitative estimate of drug-likeness (QED) is 0.400. The first kappa shape index (κ1) is 16.4. The molecule has 0 saturated heterocycles. The van der Waals surface area contributed by atoms with E-state index in [2.05, 4.69) is 82.2 Å². The number of nitrogens with zero attached hydrogens (tertiary/aromatic N) is 1. The fraction of sp³-hybridized carbons (Fsp3) is 0.0833. The van der Waals surface area contributed by atoms with Crippen molar-refractivity contribution in [1.29, 1.82) is 0 Å². The zero-order chi connectivity index (χ0) is 18.5. The van der Waals surface area contributed by atoms with Crippen LogP contribution in [0, 0.1) is 0 Å². The molecule has 0 bridgehead atoms. The standard InChI is InChI=1S/C24H18BrNO/c1-3-7-18-15(2)27-24-14-20-19-11-10-16(25)12-22(19)26(23(20)13-21(18)24)17-8-5-4-6-9-17/h3-5,7-8,10-14H,1-2,6,9H2/b18-7+. The molecule has 27 heavy (non-hydrogen) atoms. The SMILES string of the molecule is C=C/C=c1\c(=C)oc2cc3c4ccc(Br)cc4n(C4=CC=CCC4)c3cc12. The summed E-state index contributed by atoms with van der Waals surface area (Å²) in [5.41, 5.74) is 5.24. The van der Waals surface area contributed by atoms with Gasteiger partial charge in [-0.3, -0.25) is 0 Å². The van der Waals surface area contributed by atoms with Gasteiger partial charge < -0.3 is 8.98 Å². The minimum absolute atomic E-state index is 0.677. The van der Waals surface area contributed by atoms with Gasteiger partial charge in [0.25, 0.3) is 0 Å². The first-order valence-corrected chi connectivity index (χ1v) is 9.80. The molecule has 0 unspecified atom stereocenters. The van der Waals surface area contributed by atoms with Crippen LogP contribution in [0.2, 0.25) is 0 Å². The maximum absolute atomic E-state index is 5.95. The number of fused-ring (bicyclic) bond motifs is 4. The van der Waals surface area contributed by atoms with Crippen LogP contribution in [0.15, 0.2) is 70.1 Å². The maximum atomic E-state index is 5.95. The van der Waals surface area contributed by atoms with E-state index in [9.17, 15) is 0 Å². The number of hydrogen-bond acceptors (Lipinski definition) is 1. The average molecular weight is 416 g/mol. The Bertz CT molecular complexity index is 1410. The smallest absolute Gasteiger partial charge is 0.136 e. The Morgan fingerprint density at radius 1 is 1.07 bits per heavy atom. The molecule has 0 fully saturated rings. The fourth-order valence-corrected chi connectivity index (χ4v) is 4.38. The zero-order valence-electron chi connectivity index (χ0n) is 14.8. The van der Waals surface area contributed by atoms with Crippen LogP contribution < -0.4 is 10.6 Å². The lowest BCUT2D eigenvalue weighted by molar-refractivity contribution is 0.578. The molecule has 4 aromatic rings. The van der Waals surface area contributed by atoms with Crippen LogP contribution >= 0.6 is 15.9 Å². The van der Waals surface area contributed by atoms with Gasteiger partial charge >= 0.3 is 0 Å². The van der Waals surface area contributed by atoms with E-state index in [1.54, 1.807) is 6.08 Å². The van der Waals surface area contributed by atoms with Gasteiger partial charge in [0.1, 0.15) is 11.0 Å². The Morgan fingerprint density at radius 3 is 2.70 bits per heavy atom. The highest BCUT2D eigenvalue weighted by atomic mass is 79.9. The third-order valence-electron chi connectivity index (χ3n) is 5.22. The second-order valence-corrected chi connectivity index (χ2v) is 7.74. The molecule has 0 atom stereocenters. The van der Waals surface area contributed by atoms with E-state index in [0.717, 1.165) is 33.5 Å². The topological polar surface area (TPSA) is 18.1 Å². The van der Waals surface area contributed by atoms with Gasteiger partial charge in [0.05, 0.1) is 11.0 Å². The van der Waals surface area contributed by atoms with Crippen molar-refractivity contribution >= 4 is 67.1 Å². The molecule has 5 rings (SSSR count). The number of furan rings is 1. The Labute approximate surface area is 165 Å². The van der Waals surface area contributed by atoms with Crippen LogP contribution in [0.5, 0.6) is 0 Å². The minimum Gasteiger partial charge on any atom is -0.457 e. The van der Waals surface area contributed by atoms with Gasteiger partial charge in [-0.15, -0.1) is 0 Å². The first-order valence-electron chi connectivity index (χ1n) is 9.01. The Hall–Kier alpha value is -2.78. The third-order valence-corrected chi connectivity index (χ3v) is 5.71. The highest BCUT2D eigenvalue weighted by molar-refractivity contribution is 9.10. The first-order chi connectivity index (χ1) is 13.2. The Morgan fingerprint density at radius 2 is 1.93 bits per heavy atom. The lowest BCUT2D eigenvalue weighted by atomic mass is 10.1. The molecule has 0 aliphatic heterocycles. The summed E-state index contributed by atoms with van der Waals surface area (Å²) in [4.78, 5) is 0. The lowest BCUT2D eigenvalue weighted by Gasteiger charge is -2.14. The van der Waals surface area contributed by atoms with Crippen LogP contribution in [0.1, 0.15) is 12.8 Å². The van der Waals surface area contributed by atoms with E-state index in [-0.39, 0.29) is 0 Å². The lowest BCUT2D eigenvalue weighted by Crippen LogP contribution is -2.17. The summed E-state index contributed by atoms with van der Waals surface area (Å²) in [6, 6.07) is 10.8. The van der Waals surface area contributed by atoms with E-state index < -0.39 is 0 Å². The highest BCUT2D eigenvalue weighted by Crippen LogP contribution is 2.36. The van der Waals surface area contributed by atoms with Crippen molar-refractivity contribution in [2.45, 2.75) is 12.8 Å². The minimum atomic E-state index is 0.677. The van der Waals surface area contributed by atoms with Crippen molar-refractivity contribution in [3.8, 4) is 0 Å². The molecule has 3 heteroatoms. The Kier molecular flexibility index (Phi) is 3.73. The molecular weight excluding hydrogens is 398 g/mol. The van der Waals surface area contributed by atoms with E-state index in [1.165, 1.54) is 27.5 Å². The molecule has 0 spiro atoms. The number of benzene rings is 2. The molecule has 1 aliphatic rings. The third kappa shape index (κ3) is 2.46. The van der Waals surface area contributed by atoms with Crippen molar-refractivity contribution in [2.24, 2.45) is 0 Å². The number of aromatic nitrogens is 1. The summed E-state index contributed by atoms with van der Waals surface area (Å²) in [6.45, 7) is 7.89. The van der Waals surface area contributed by atoms with Gasteiger partial charge in [-0.2, -0.15) is 0 Å². The van der Waals surface area contributed by atoms with Gasteiger partial charge in [0, 0.05) is 31.5 Å². The zero-order valence-corrected chi connectivity index (χ0v) is 16.4. The second kappa shape index (κ2) is 6.14. The second-order valence-electron chi connectivity index (χ2n) is 6.83. The van der Waals surface area contributed by atoms with Crippen molar-refractivity contribution in [2.75, 3.05) is 0 Å². The van der Waals surface area contributed by atoms with E-state index >= 15 is 0 Å². The molecule has 2 nitrogen and oxygen atoms in total. The largest absolute Gasteiger partial charge is 0.457 e. The molecule has 0 radical (unpaired) electrons. The molecule has 1 aliphatic carbocycles. The van der Waals surface area contributed by atoms with Crippen molar-refractivity contribution in [1.82, 2.24) is 4.57 Å². The van der Waals surface area contributed by atoms with E-state index in [4.69, 9.17) is 4.42 Å². The summed E-state index contributed by atoms with van der Waals surface area (Å²) < 4.78 is 9.41. The predicted molar refractivity (Wildman–Crippen MR) is 119 cm³/mol. The summed E-state index contributed by atoms with van der Waals surface area (Å²) >= 11 is 3.64. The van der Waals surface area contributed by atoms with Crippen LogP contribution in [-0.4, -0.2) is 4.57 Å². The molecule has 2 aromatic heterocycles. The van der Waals surface area contributed by atoms with Crippen LogP contribution in [0.3, 0.4) is 0 Å². The molecule has 0 N–H and O–H groups in total. The fourth-order valence-electron chi connectivity index (χ4n) is 4.04. The van der Waals surface area contributed by atoms with Gasteiger partial charge in [0.15, 0.2) is 0 Å². The summed E-state index contributed by atoms with van der Waals surface area (Å²) in [5, 5.41) is 4.49. The van der Waals surface area contributed by atoms with E-state index in [1.807, 2.05) is 6.08 Å². The van der Waals surface area contributed by atoms with Gasteiger partial charge in [-0.1, -0.05) is 59.5 Å².